The highest BCUT2D eigenvalue weighted by Crippen LogP contribution is 2.17. The Morgan fingerprint density at radius 1 is 1.62 bits per heavy atom. The second kappa shape index (κ2) is 5.20. The Morgan fingerprint density at radius 2 is 2.38 bits per heavy atom. The minimum Gasteiger partial charge on any atom is -0.307 e. The van der Waals surface area contributed by atoms with Gasteiger partial charge in [0.2, 0.25) is 0 Å². The fraction of sp³-hybridized carbons (Fsp3) is 0.273. The van der Waals surface area contributed by atoms with Gasteiger partial charge in [-0.05, 0) is 24.6 Å². The van der Waals surface area contributed by atoms with Gasteiger partial charge in [0, 0.05) is 17.1 Å². The van der Waals surface area contributed by atoms with Crippen molar-refractivity contribution in [1.29, 1.82) is 0 Å². The van der Waals surface area contributed by atoms with Crippen molar-refractivity contribution in [3.05, 3.63) is 47.0 Å². The Kier molecular flexibility index (Phi) is 4.19. The van der Waals surface area contributed by atoms with Crippen LogP contribution in [0.25, 0.3) is 0 Å². The Balaban J connectivity index is 2.65. The van der Waals surface area contributed by atoms with E-state index in [9.17, 15) is 0 Å². The number of rotatable bonds is 4. The lowest BCUT2D eigenvalue weighted by molar-refractivity contribution is 0.617. The van der Waals surface area contributed by atoms with Crippen LogP contribution in [0.2, 0.25) is 0 Å². The third-order valence-electron chi connectivity index (χ3n) is 1.92. The molecule has 0 aliphatic heterocycles. The maximum atomic E-state index is 3.67. The Bertz CT molecular complexity index is 283. The van der Waals surface area contributed by atoms with Crippen molar-refractivity contribution in [3.8, 4) is 0 Å². The van der Waals surface area contributed by atoms with Gasteiger partial charge in [0.15, 0.2) is 0 Å². The summed E-state index contributed by atoms with van der Waals surface area (Å²) in [5, 5.41) is 3.34. The molecule has 13 heavy (non-hydrogen) atoms. The van der Waals surface area contributed by atoms with Crippen LogP contribution >= 0.6 is 15.9 Å². The summed E-state index contributed by atoms with van der Waals surface area (Å²) < 4.78 is 1.12. The Morgan fingerprint density at radius 3 is 3.00 bits per heavy atom. The van der Waals surface area contributed by atoms with Crippen molar-refractivity contribution in [3.63, 3.8) is 0 Å². The smallest absolute Gasteiger partial charge is 0.0295 e. The van der Waals surface area contributed by atoms with E-state index in [-0.39, 0.29) is 0 Å². The van der Waals surface area contributed by atoms with E-state index in [0.29, 0.717) is 6.04 Å². The van der Waals surface area contributed by atoms with Crippen molar-refractivity contribution in [2.24, 2.45) is 0 Å². The quantitative estimate of drug-likeness (QED) is 0.796. The Labute approximate surface area is 88.0 Å². The number of hydrogen-bond acceptors (Lipinski definition) is 1. The average molecular weight is 240 g/mol. The van der Waals surface area contributed by atoms with Gasteiger partial charge in [-0.3, -0.25) is 0 Å². The molecule has 0 saturated heterocycles. The lowest BCUT2D eigenvalue weighted by Gasteiger charge is -2.12. The first kappa shape index (κ1) is 10.5. The standard InChI is InChI=1S/C11H14BrN/c1-3-7-13-9(2)10-5-4-6-11(12)8-10/h3-6,8-9,13H,1,7H2,2H3/t9-/m1/s1. The van der Waals surface area contributed by atoms with Gasteiger partial charge in [0.05, 0.1) is 0 Å². The third kappa shape index (κ3) is 3.33. The van der Waals surface area contributed by atoms with Gasteiger partial charge in [-0.25, -0.2) is 0 Å². The van der Waals surface area contributed by atoms with Crippen LogP contribution in [0.1, 0.15) is 18.5 Å². The predicted molar refractivity (Wildman–Crippen MR) is 60.8 cm³/mol. The largest absolute Gasteiger partial charge is 0.307 e. The van der Waals surface area contributed by atoms with E-state index < -0.39 is 0 Å². The summed E-state index contributed by atoms with van der Waals surface area (Å²) in [5.41, 5.74) is 1.29. The van der Waals surface area contributed by atoms with Gasteiger partial charge in [-0.15, -0.1) is 6.58 Å². The Hall–Kier alpha value is -0.600. The molecule has 70 valence electrons. The van der Waals surface area contributed by atoms with Gasteiger partial charge in [-0.1, -0.05) is 34.1 Å². The molecule has 2 heteroatoms. The summed E-state index contributed by atoms with van der Waals surface area (Å²) in [6.07, 6.45) is 1.87. The minimum absolute atomic E-state index is 0.371. The minimum atomic E-state index is 0.371. The molecule has 0 aliphatic rings. The fourth-order valence-corrected chi connectivity index (χ4v) is 1.57. The summed E-state index contributed by atoms with van der Waals surface area (Å²) in [5.74, 6) is 0. The fourth-order valence-electron chi connectivity index (χ4n) is 1.15. The van der Waals surface area contributed by atoms with E-state index in [0.717, 1.165) is 11.0 Å². The molecule has 0 aliphatic carbocycles. The molecular formula is C11H14BrN. The number of halogens is 1. The zero-order valence-corrected chi connectivity index (χ0v) is 9.34. The molecule has 0 aromatic heterocycles. The maximum Gasteiger partial charge on any atom is 0.0295 e. The summed E-state index contributed by atoms with van der Waals surface area (Å²) >= 11 is 3.45. The van der Waals surface area contributed by atoms with Crippen LogP contribution in [-0.4, -0.2) is 6.54 Å². The van der Waals surface area contributed by atoms with Gasteiger partial charge >= 0.3 is 0 Å². The lowest BCUT2D eigenvalue weighted by atomic mass is 10.1. The van der Waals surface area contributed by atoms with Crippen LogP contribution in [-0.2, 0) is 0 Å². The van der Waals surface area contributed by atoms with E-state index >= 15 is 0 Å². The van der Waals surface area contributed by atoms with Crippen LogP contribution in [0, 0.1) is 0 Å². The first-order chi connectivity index (χ1) is 6.24. The zero-order chi connectivity index (χ0) is 9.68. The van der Waals surface area contributed by atoms with Crippen molar-refractivity contribution >= 4 is 15.9 Å². The van der Waals surface area contributed by atoms with Gasteiger partial charge in [-0.2, -0.15) is 0 Å². The van der Waals surface area contributed by atoms with E-state index in [1.165, 1.54) is 5.56 Å². The summed E-state index contributed by atoms with van der Waals surface area (Å²) in [7, 11) is 0. The molecule has 0 heterocycles. The van der Waals surface area contributed by atoms with E-state index in [4.69, 9.17) is 0 Å². The molecule has 1 N–H and O–H groups in total. The van der Waals surface area contributed by atoms with Gasteiger partial charge < -0.3 is 5.32 Å². The highest BCUT2D eigenvalue weighted by Gasteiger charge is 2.02. The number of benzene rings is 1. The van der Waals surface area contributed by atoms with Crippen molar-refractivity contribution < 1.29 is 0 Å². The van der Waals surface area contributed by atoms with E-state index in [1.54, 1.807) is 0 Å². The SMILES string of the molecule is C=CCN[C@H](C)c1cccc(Br)c1. The van der Waals surface area contributed by atoms with Crippen LogP contribution in [0.15, 0.2) is 41.4 Å². The van der Waals surface area contributed by atoms with E-state index in [2.05, 4.69) is 46.9 Å². The molecular weight excluding hydrogens is 226 g/mol. The third-order valence-corrected chi connectivity index (χ3v) is 2.41. The summed E-state index contributed by atoms with van der Waals surface area (Å²) in [4.78, 5) is 0. The molecule has 1 aromatic rings. The molecule has 0 amide bonds. The normalized spacial score (nSPS) is 12.5. The molecule has 0 radical (unpaired) electrons. The molecule has 1 atom stereocenters. The summed E-state index contributed by atoms with van der Waals surface area (Å²) in [6.45, 7) is 6.66. The second-order valence-electron chi connectivity index (χ2n) is 2.97. The monoisotopic (exact) mass is 239 g/mol. The molecule has 0 unspecified atom stereocenters. The zero-order valence-electron chi connectivity index (χ0n) is 7.76. The maximum absolute atomic E-state index is 3.67. The predicted octanol–water partition coefficient (Wildman–Crippen LogP) is 3.29. The molecule has 1 nitrogen and oxygen atoms in total. The van der Waals surface area contributed by atoms with Gasteiger partial charge in [0.1, 0.15) is 0 Å². The number of hydrogen-bond donors (Lipinski definition) is 1. The van der Waals surface area contributed by atoms with Crippen LogP contribution in [0.5, 0.6) is 0 Å². The average Bonchev–Trinajstić information content (AvgIpc) is 2.14. The molecule has 0 fully saturated rings. The first-order valence-corrected chi connectivity index (χ1v) is 5.13. The van der Waals surface area contributed by atoms with E-state index in [1.807, 2.05) is 18.2 Å². The molecule has 0 spiro atoms. The highest BCUT2D eigenvalue weighted by molar-refractivity contribution is 9.10. The topological polar surface area (TPSA) is 12.0 Å². The lowest BCUT2D eigenvalue weighted by Crippen LogP contribution is -2.18. The van der Waals surface area contributed by atoms with Crippen molar-refractivity contribution in [2.45, 2.75) is 13.0 Å². The summed E-state index contributed by atoms with van der Waals surface area (Å²) in [6, 6.07) is 8.69. The number of nitrogens with one attached hydrogen (secondary N) is 1. The van der Waals surface area contributed by atoms with Crippen LogP contribution < -0.4 is 5.32 Å². The first-order valence-electron chi connectivity index (χ1n) is 4.34. The molecule has 0 saturated carbocycles. The van der Waals surface area contributed by atoms with Crippen LogP contribution in [0.3, 0.4) is 0 Å². The van der Waals surface area contributed by atoms with Crippen LogP contribution in [0.4, 0.5) is 0 Å². The van der Waals surface area contributed by atoms with Gasteiger partial charge in [0.25, 0.3) is 0 Å². The molecule has 0 bridgehead atoms. The molecule has 1 rings (SSSR count). The van der Waals surface area contributed by atoms with Crippen molar-refractivity contribution in [2.75, 3.05) is 6.54 Å². The van der Waals surface area contributed by atoms with Crippen molar-refractivity contribution in [1.82, 2.24) is 5.32 Å². The highest BCUT2D eigenvalue weighted by atomic mass is 79.9. The molecule has 1 aromatic carbocycles. The second-order valence-corrected chi connectivity index (χ2v) is 3.89.